The largest absolute Gasteiger partial charge is 0.227 e. The predicted molar refractivity (Wildman–Crippen MR) is 36.2 cm³/mol. The highest BCUT2D eigenvalue weighted by molar-refractivity contribution is 7.03. The highest BCUT2D eigenvalue weighted by Gasteiger charge is 2.07. The highest BCUT2D eigenvalue weighted by atomic mass is 32.1. The van der Waals surface area contributed by atoms with Crippen LogP contribution in [0.2, 0.25) is 0 Å². The summed E-state index contributed by atoms with van der Waals surface area (Å²) in [7, 11) is 0. The number of rotatable bonds is 1. The van der Waals surface area contributed by atoms with Gasteiger partial charge in [0.1, 0.15) is 0 Å². The molecule has 0 fully saturated rings. The third kappa shape index (κ3) is 1.27. The SMILES string of the molecule is CC(C)c1csnc1F. The Morgan fingerprint density at radius 3 is 2.56 bits per heavy atom. The van der Waals surface area contributed by atoms with Crippen LogP contribution < -0.4 is 0 Å². The lowest BCUT2D eigenvalue weighted by Gasteiger charge is -1.96. The number of aromatic nitrogens is 1. The smallest absolute Gasteiger partial charge is 0.184 e. The maximum atomic E-state index is 12.5. The van der Waals surface area contributed by atoms with Gasteiger partial charge in [-0.3, -0.25) is 0 Å². The summed E-state index contributed by atoms with van der Waals surface area (Å²) in [6.07, 6.45) is 0. The van der Waals surface area contributed by atoms with E-state index in [0.29, 0.717) is 0 Å². The quantitative estimate of drug-likeness (QED) is 0.591. The molecule has 1 aromatic rings. The van der Waals surface area contributed by atoms with Crippen molar-refractivity contribution in [1.82, 2.24) is 4.37 Å². The van der Waals surface area contributed by atoms with Crippen molar-refractivity contribution in [2.75, 3.05) is 0 Å². The van der Waals surface area contributed by atoms with E-state index < -0.39 is 0 Å². The molecule has 0 aliphatic heterocycles. The van der Waals surface area contributed by atoms with Crippen molar-refractivity contribution in [2.24, 2.45) is 0 Å². The first kappa shape index (κ1) is 6.68. The zero-order chi connectivity index (χ0) is 6.85. The molecule has 0 unspecified atom stereocenters. The molecule has 0 radical (unpaired) electrons. The van der Waals surface area contributed by atoms with Gasteiger partial charge in [-0.2, -0.15) is 8.76 Å². The fourth-order valence-electron chi connectivity index (χ4n) is 0.605. The van der Waals surface area contributed by atoms with Crippen LogP contribution in [0.3, 0.4) is 0 Å². The van der Waals surface area contributed by atoms with Crippen molar-refractivity contribution in [3.8, 4) is 0 Å². The minimum Gasteiger partial charge on any atom is -0.184 e. The van der Waals surface area contributed by atoms with E-state index in [-0.39, 0.29) is 11.9 Å². The molecule has 1 heterocycles. The van der Waals surface area contributed by atoms with Crippen molar-refractivity contribution >= 4 is 11.5 Å². The number of nitrogens with zero attached hydrogens (tertiary/aromatic N) is 1. The molecule has 9 heavy (non-hydrogen) atoms. The van der Waals surface area contributed by atoms with Gasteiger partial charge in [0.05, 0.1) is 0 Å². The monoisotopic (exact) mass is 145 g/mol. The van der Waals surface area contributed by atoms with Crippen LogP contribution in [-0.4, -0.2) is 4.37 Å². The van der Waals surface area contributed by atoms with Crippen LogP contribution in [0.25, 0.3) is 0 Å². The summed E-state index contributed by atoms with van der Waals surface area (Å²) in [4.78, 5) is 0. The Balaban J connectivity index is 2.94. The molecule has 0 N–H and O–H groups in total. The van der Waals surface area contributed by atoms with E-state index in [1.807, 2.05) is 13.8 Å². The molecule has 50 valence electrons. The number of hydrogen-bond donors (Lipinski definition) is 0. The minimum absolute atomic E-state index is 0.253. The van der Waals surface area contributed by atoms with Gasteiger partial charge in [-0.05, 0) is 17.5 Å². The fraction of sp³-hybridized carbons (Fsp3) is 0.500. The molecule has 1 rings (SSSR count). The van der Waals surface area contributed by atoms with Crippen LogP contribution in [0.4, 0.5) is 4.39 Å². The van der Waals surface area contributed by atoms with E-state index in [2.05, 4.69) is 4.37 Å². The summed E-state index contributed by atoms with van der Waals surface area (Å²) in [5, 5.41) is 1.75. The molecular formula is C6H8FNS. The van der Waals surface area contributed by atoms with E-state index in [9.17, 15) is 4.39 Å². The summed E-state index contributed by atoms with van der Waals surface area (Å²) in [6, 6.07) is 0. The van der Waals surface area contributed by atoms with Crippen molar-refractivity contribution in [1.29, 1.82) is 0 Å². The standard InChI is InChI=1S/C6H8FNS/c1-4(2)5-3-9-8-6(5)7/h3-4H,1-2H3. The van der Waals surface area contributed by atoms with Crippen LogP contribution in [0.5, 0.6) is 0 Å². The van der Waals surface area contributed by atoms with Crippen LogP contribution in [-0.2, 0) is 0 Å². The topological polar surface area (TPSA) is 12.9 Å². The summed E-state index contributed by atoms with van der Waals surface area (Å²) in [5.74, 6) is -0.0567. The Labute approximate surface area is 57.7 Å². The molecule has 0 atom stereocenters. The normalized spacial score (nSPS) is 10.7. The van der Waals surface area contributed by atoms with E-state index >= 15 is 0 Å². The van der Waals surface area contributed by atoms with Gasteiger partial charge in [0.2, 0.25) is 5.95 Å². The molecular weight excluding hydrogens is 137 g/mol. The lowest BCUT2D eigenvalue weighted by molar-refractivity contribution is 0.572. The van der Waals surface area contributed by atoms with Gasteiger partial charge < -0.3 is 0 Å². The van der Waals surface area contributed by atoms with Crippen LogP contribution in [0.15, 0.2) is 5.38 Å². The van der Waals surface area contributed by atoms with Gasteiger partial charge in [0.25, 0.3) is 0 Å². The molecule has 1 nitrogen and oxygen atoms in total. The van der Waals surface area contributed by atoms with Gasteiger partial charge in [0, 0.05) is 10.9 Å². The van der Waals surface area contributed by atoms with E-state index in [0.717, 1.165) is 5.56 Å². The van der Waals surface area contributed by atoms with Crippen LogP contribution >= 0.6 is 11.5 Å². The predicted octanol–water partition coefficient (Wildman–Crippen LogP) is 2.41. The first-order chi connectivity index (χ1) is 4.22. The van der Waals surface area contributed by atoms with E-state index in [1.54, 1.807) is 5.38 Å². The lowest BCUT2D eigenvalue weighted by atomic mass is 10.1. The zero-order valence-corrected chi connectivity index (χ0v) is 6.20. The zero-order valence-electron chi connectivity index (χ0n) is 5.39. The Morgan fingerprint density at radius 1 is 1.67 bits per heavy atom. The molecule has 0 aliphatic carbocycles. The first-order valence-corrected chi connectivity index (χ1v) is 3.65. The summed E-state index contributed by atoms with van der Waals surface area (Å²) in [6.45, 7) is 3.90. The Bertz CT molecular complexity index is 195. The third-order valence-corrected chi connectivity index (χ3v) is 1.80. The second-order valence-electron chi connectivity index (χ2n) is 2.22. The lowest BCUT2D eigenvalue weighted by Crippen LogP contribution is -1.87. The summed E-state index contributed by atoms with van der Waals surface area (Å²) >= 11 is 1.17. The Morgan fingerprint density at radius 2 is 2.33 bits per heavy atom. The average Bonchev–Trinajstić information content (AvgIpc) is 2.13. The second-order valence-corrected chi connectivity index (χ2v) is 2.84. The van der Waals surface area contributed by atoms with Crippen molar-refractivity contribution < 1.29 is 4.39 Å². The molecule has 0 saturated heterocycles. The molecule has 0 amide bonds. The van der Waals surface area contributed by atoms with Gasteiger partial charge in [-0.1, -0.05) is 13.8 Å². The Hall–Kier alpha value is -0.440. The van der Waals surface area contributed by atoms with Crippen molar-refractivity contribution in [2.45, 2.75) is 19.8 Å². The highest BCUT2D eigenvalue weighted by Crippen LogP contribution is 2.18. The second kappa shape index (κ2) is 2.43. The van der Waals surface area contributed by atoms with E-state index in [1.165, 1.54) is 11.5 Å². The van der Waals surface area contributed by atoms with Crippen molar-refractivity contribution in [3.63, 3.8) is 0 Å². The fourth-order valence-corrected chi connectivity index (χ4v) is 1.34. The first-order valence-electron chi connectivity index (χ1n) is 2.81. The number of hydrogen-bond acceptors (Lipinski definition) is 2. The van der Waals surface area contributed by atoms with Crippen LogP contribution in [0.1, 0.15) is 25.3 Å². The van der Waals surface area contributed by atoms with Gasteiger partial charge >= 0.3 is 0 Å². The molecule has 0 aliphatic rings. The third-order valence-electron chi connectivity index (χ3n) is 1.17. The molecule has 3 heteroatoms. The van der Waals surface area contributed by atoms with Gasteiger partial charge in [-0.15, -0.1) is 0 Å². The summed E-state index contributed by atoms with van der Waals surface area (Å²) in [5.41, 5.74) is 0.722. The molecule has 1 aromatic heterocycles. The maximum Gasteiger partial charge on any atom is 0.227 e. The van der Waals surface area contributed by atoms with E-state index in [4.69, 9.17) is 0 Å². The molecule has 0 aromatic carbocycles. The van der Waals surface area contributed by atoms with Gasteiger partial charge in [-0.25, -0.2) is 0 Å². The molecule has 0 spiro atoms. The summed E-state index contributed by atoms with van der Waals surface area (Å²) < 4.78 is 16.0. The van der Waals surface area contributed by atoms with Crippen LogP contribution in [0, 0.1) is 5.95 Å². The Kier molecular flexibility index (Phi) is 1.81. The minimum atomic E-state index is -0.310. The van der Waals surface area contributed by atoms with Gasteiger partial charge in [0.15, 0.2) is 0 Å². The molecule has 0 saturated carbocycles. The van der Waals surface area contributed by atoms with Crippen molar-refractivity contribution in [3.05, 3.63) is 16.9 Å². The maximum absolute atomic E-state index is 12.5. The number of halogens is 1. The average molecular weight is 145 g/mol. The molecule has 0 bridgehead atoms.